The van der Waals surface area contributed by atoms with Gasteiger partial charge in [0.2, 0.25) is 5.91 Å². The molecule has 5 heteroatoms. The Kier molecular flexibility index (Phi) is 5.21. The highest BCUT2D eigenvalue weighted by Gasteiger charge is 2.22. The van der Waals surface area contributed by atoms with Crippen molar-refractivity contribution in [2.45, 2.75) is 64.7 Å². The van der Waals surface area contributed by atoms with Crippen LogP contribution < -0.4 is 16.2 Å². The van der Waals surface area contributed by atoms with Gasteiger partial charge in [0, 0.05) is 42.3 Å². The number of para-hydroxylation sites is 1. The second-order valence-corrected chi connectivity index (χ2v) is 7.07. The van der Waals surface area contributed by atoms with E-state index in [1.54, 1.807) is 0 Å². The average molecular weight is 328 g/mol. The minimum absolute atomic E-state index is 0.124. The Morgan fingerprint density at radius 3 is 2.92 bits per heavy atom. The summed E-state index contributed by atoms with van der Waals surface area (Å²) in [6.45, 7) is 7.07. The predicted octanol–water partition coefficient (Wildman–Crippen LogP) is 2.49. The normalized spacial score (nSPS) is 22.0. The summed E-state index contributed by atoms with van der Waals surface area (Å²) < 4.78 is 2.23. The monoisotopic (exact) mass is 328 g/mol. The molecule has 3 N–H and O–H groups in total. The van der Waals surface area contributed by atoms with Crippen LogP contribution in [0.5, 0.6) is 0 Å². The molecule has 1 saturated heterocycles. The lowest BCUT2D eigenvalue weighted by Crippen LogP contribution is -2.39. The second kappa shape index (κ2) is 7.36. The molecular formula is C19H28N4O. The molecule has 0 radical (unpaired) electrons. The van der Waals surface area contributed by atoms with E-state index in [0.717, 1.165) is 19.4 Å². The van der Waals surface area contributed by atoms with Gasteiger partial charge in [-0.2, -0.15) is 0 Å². The summed E-state index contributed by atoms with van der Waals surface area (Å²) in [7, 11) is 0. The molecular weight excluding hydrogens is 300 g/mol. The zero-order valence-corrected chi connectivity index (χ0v) is 14.8. The van der Waals surface area contributed by atoms with Crippen molar-refractivity contribution in [1.82, 2.24) is 20.7 Å². The largest absolute Gasteiger partial charge is 0.354 e. The van der Waals surface area contributed by atoms with Crippen LogP contribution in [-0.4, -0.2) is 28.6 Å². The van der Waals surface area contributed by atoms with E-state index in [9.17, 15) is 4.79 Å². The fourth-order valence-electron chi connectivity index (χ4n) is 3.65. The summed E-state index contributed by atoms with van der Waals surface area (Å²) in [4.78, 5) is 12.3. The SMILES string of the molecule is Cc1cc2ccccc2n1CCC(=O)NC(C)CC1CC(C)NN1. The van der Waals surface area contributed by atoms with Gasteiger partial charge in [0.15, 0.2) is 0 Å². The van der Waals surface area contributed by atoms with Gasteiger partial charge >= 0.3 is 0 Å². The zero-order chi connectivity index (χ0) is 17.1. The van der Waals surface area contributed by atoms with Gasteiger partial charge < -0.3 is 9.88 Å². The van der Waals surface area contributed by atoms with E-state index >= 15 is 0 Å². The van der Waals surface area contributed by atoms with Crippen LogP contribution in [0.15, 0.2) is 30.3 Å². The highest BCUT2D eigenvalue weighted by molar-refractivity contribution is 5.81. The lowest BCUT2D eigenvalue weighted by Gasteiger charge is -2.18. The van der Waals surface area contributed by atoms with E-state index in [1.165, 1.54) is 16.6 Å². The molecule has 0 bridgehead atoms. The van der Waals surface area contributed by atoms with Gasteiger partial charge in [0.1, 0.15) is 0 Å². The molecule has 0 spiro atoms. The minimum Gasteiger partial charge on any atom is -0.354 e. The van der Waals surface area contributed by atoms with Crippen LogP contribution in [-0.2, 0) is 11.3 Å². The molecule has 1 aromatic carbocycles. The Bertz CT molecular complexity index is 708. The summed E-state index contributed by atoms with van der Waals surface area (Å²) in [6.07, 6.45) is 2.57. The van der Waals surface area contributed by atoms with E-state index in [4.69, 9.17) is 0 Å². The topological polar surface area (TPSA) is 58.1 Å². The quantitative estimate of drug-likeness (QED) is 0.763. The number of hydrogen-bond donors (Lipinski definition) is 3. The van der Waals surface area contributed by atoms with Gasteiger partial charge in [-0.05, 0) is 51.1 Å². The highest BCUT2D eigenvalue weighted by atomic mass is 16.1. The first-order chi connectivity index (χ1) is 11.5. The molecule has 3 unspecified atom stereocenters. The van der Waals surface area contributed by atoms with Crippen LogP contribution in [0.25, 0.3) is 10.9 Å². The van der Waals surface area contributed by atoms with E-state index in [-0.39, 0.29) is 11.9 Å². The molecule has 0 saturated carbocycles. The Labute approximate surface area is 143 Å². The fourth-order valence-corrected chi connectivity index (χ4v) is 3.65. The van der Waals surface area contributed by atoms with E-state index < -0.39 is 0 Å². The number of aryl methyl sites for hydroxylation is 2. The molecule has 2 heterocycles. The molecule has 1 aliphatic heterocycles. The minimum atomic E-state index is 0.124. The molecule has 1 fully saturated rings. The molecule has 0 aliphatic carbocycles. The van der Waals surface area contributed by atoms with Crippen LogP contribution in [0.4, 0.5) is 0 Å². The van der Waals surface area contributed by atoms with Gasteiger partial charge in [0.05, 0.1) is 0 Å². The number of hydrogen-bond acceptors (Lipinski definition) is 3. The predicted molar refractivity (Wildman–Crippen MR) is 97.7 cm³/mol. The summed E-state index contributed by atoms with van der Waals surface area (Å²) in [5.41, 5.74) is 8.92. The maximum Gasteiger partial charge on any atom is 0.221 e. The lowest BCUT2D eigenvalue weighted by atomic mass is 10.0. The van der Waals surface area contributed by atoms with Crippen LogP contribution >= 0.6 is 0 Å². The van der Waals surface area contributed by atoms with Gasteiger partial charge in [0.25, 0.3) is 0 Å². The number of benzene rings is 1. The number of fused-ring (bicyclic) bond motifs is 1. The standard InChI is InChI=1S/C19H28N4O/c1-13(10-17-11-14(2)21-22-17)20-19(24)8-9-23-15(3)12-16-6-4-5-7-18(16)23/h4-7,12-14,17,21-22H,8-11H2,1-3H3,(H,20,24). The molecule has 1 aromatic heterocycles. The van der Waals surface area contributed by atoms with E-state index in [0.29, 0.717) is 18.5 Å². The molecule has 24 heavy (non-hydrogen) atoms. The molecule has 1 amide bonds. The third kappa shape index (κ3) is 3.97. The van der Waals surface area contributed by atoms with Crippen molar-refractivity contribution in [2.75, 3.05) is 0 Å². The van der Waals surface area contributed by atoms with Crippen LogP contribution in [0.1, 0.15) is 38.8 Å². The van der Waals surface area contributed by atoms with Crippen LogP contribution in [0, 0.1) is 6.92 Å². The number of rotatable bonds is 6. The van der Waals surface area contributed by atoms with Crippen molar-refractivity contribution >= 4 is 16.8 Å². The van der Waals surface area contributed by atoms with Crippen molar-refractivity contribution in [3.63, 3.8) is 0 Å². The van der Waals surface area contributed by atoms with Crippen LogP contribution in [0.3, 0.4) is 0 Å². The van der Waals surface area contributed by atoms with Gasteiger partial charge in [-0.1, -0.05) is 18.2 Å². The number of hydrazine groups is 1. The summed E-state index contributed by atoms with van der Waals surface area (Å²) in [5, 5.41) is 4.37. The van der Waals surface area contributed by atoms with Crippen molar-refractivity contribution in [3.8, 4) is 0 Å². The van der Waals surface area contributed by atoms with Gasteiger partial charge in [-0.25, -0.2) is 0 Å². The van der Waals surface area contributed by atoms with Crippen LogP contribution in [0.2, 0.25) is 0 Å². The summed E-state index contributed by atoms with van der Waals surface area (Å²) in [6, 6.07) is 11.6. The first-order valence-corrected chi connectivity index (χ1v) is 8.88. The maximum absolute atomic E-state index is 12.3. The van der Waals surface area contributed by atoms with Crippen molar-refractivity contribution in [2.24, 2.45) is 0 Å². The first kappa shape index (κ1) is 17.0. The average Bonchev–Trinajstić information content (AvgIpc) is 3.07. The van der Waals surface area contributed by atoms with Crippen molar-refractivity contribution in [3.05, 3.63) is 36.0 Å². The summed E-state index contributed by atoms with van der Waals surface area (Å²) >= 11 is 0. The Balaban J connectivity index is 1.50. The maximum atomic E-state index is 12.3. The van der Waals surface area contributed by atoms with E-state index in [2.05, 4.69) is 59.7 Å². The third-order valence-corrected chi connectivity index (χ3v) is 4.80. The molecule has 130 valence electrons. The smallest absolute Gasteiger partial charge is 0.221 e. The van der Waals surface area contributed by atoms with Gasteiger partial charge in [-0.3, -0.25) is 15.6 Å². The third-order valence-electron chi connectivity index (χ3n) is 4.80. The molecule has 3 rings (SSSR count). The number of aromatic nitrogens is 1. The molecule has 2 aromatic rings. The molecule has 5 nitrogen and oxygen atoms in total. The molecule has 3 atom stereocenters. The van der Waals surface area contributed by atoms with Gasteiger partial charge in [-0.15, -0.1) is 0 Å². The number of nitrogens with zero attached hydrogens (tertiary/aromatic N) is 1. The number of nitrogens with one attached hydrogen (secondary N) is 3. The number of carbonyl (C=O) groups excluding carboxylic acids is 1. The molecule has 1 aliphatic rings. The number of carbonyl (C=O) groups is 1. The first-order valence-electron chi connectivity index (χ1n) is 8.88. The Morgan fingerprint density at radius 1 is 1.38 bits per heavy atom. The zero-order valence-electron chi connectivity index (χ0n) is 14.8. The Hall–Kier alpha value is -1.85. The summed E-state index contributed by atoms with van der Waals surface area (Å²) in [5.74, 6) is 0.124. The lowest BCUT2D eigenvalue weighted by molar-refractivity contribution is -0.121. The van der Waals surface area contributed by atoms with Crippen molar-refractivity contribution < 1.29 is 4.79 Å². The second-order valence-electron chi connectivity index (χ2n) is 7.07. The Morgan fingerprint density at radius 2 is 2.17 bits per heavy atom. The fraction of sp³-hybridized carbons (Fsp3) is 0.526. The number of amides is 1. The van der Waals surface area contributed by atoms with E-state index in [1.807, 2.05) is 12.1 Å². The highest BCUT2D eigenvalue weighted by Crippen LogP contribution is 2.19. The van der Waals surface area contributed by atoms with Crippen molar-refractivity contribution in [1.29, 1.82) is 0 Å².